The number of carbonyl (C=O) groups excluding carboxylic acids is 2. The normalized spacial score (nSPS) is 24.9. The molecule has 14 heteroatoms. The van der Waals surface area contributed by atoms with E-state index in [1.807, 2.05) is 5.32 Å². The summed E-state index contributed by atoms with van der Waals surface area (Å²) in [4.78, 5) is 23.1. The Morgan fingerprint density at radius 2 is 1.45 bits per heavy atom. The summed E-state index contributed by atoms with van der Waals surface area (Å²) >= 11 is 11.6. The fourth-order valence-corrected chi connectivity index (χ4v) is 4.77. The number of amides is 3. The fraction of sp³-hybridized carbons (Fsp3) is 0.357. The lowest BCUT2D eigenvalue weighted by Gasteiger charge is -2.39. The van der Waals surface area contributed by atoms with Crippen LogP contribution in [0, 0.1) is 23.7 Å². The van der Waals surface area contributed by atoms with E-state index in [1.54, 1.807) is 0 Å². The van der Waals surface area contributed by atoms with Crippen LogP contribution in [0.15, 0.2) is 48.6 Å². The highest BCUT2D eigenvalue weighted by molar-refractivity contribution is 6.31. The van der Waals surface area contributed by atoms with Crippen molar-refractivity contribution in [2.75, 3.05) is 10.6 Å². The van der Waals surface area contributed by atoms with E-state index in [0.717, 1.165) is 37.8 Å². The van der Waals surface area contributed by atoms with E-state index in [0.29, 0.717) is 0 Å². The Balaban J connectivity index is 0.000000168. The molecule has 2 saturated carbocycles. The van der Waals surface area contributed by atoms with Gasteiger partial charge in [0.25, 0.3) is 5.60 Å². The Hall–Kier alpha value is -3.56. The van der Waals surface area contributed by atoms with Gasteiger partial charge in [-0.2, -0.15) is 26.3 Å². The average Bonchev–Trinajstić information content (AvgIpc) is 3.81. The van der Waals surface area contributed by atoms with E-state index in [-0.39, 0.29) is 44.4 Å². The highest BCUT2D eigenvalue weighted by Crippen LogP contribution is 2.49. The lowest BCUT2D eigenvalue weighted by Crippen LogP contribution is -2.58. The predicted octanol–water partition coefficient (Wildman–Crippen LogP) is 8.27. The molecule has 2 aliphatic heterocycles. The summed E-state index contributed by atoms with van der Waals surface area (Å²) in [5.41, 5.74) is -5.80. The van der Waals surface area contributed by atoms with Gasteiger partial charge >= 0.3 is 24.5 Å². The van der Waals surface area contributed by atoms with Gasteiger partial charge in [0, 0.05) is 32.8 Å². The number of nitrogens with one attached hydrogen (secondary N) is 3. The Morgan fingerprint density at radius 1 is 0.857 bits per heavy atom. The van der Waals surface area contributed by atoms with Crippen LogP contribution in [0.4, 0.5) is 47.3 Å². The molecule has 2 atom stereocenters. The average molecular weight is 632 g/mol. The number of anilines is 2. The molecule has 0 radical (unpaired) electrons. The van der Waals surface area contributed by atoms with Crippen LogP contribution in [-0.4, -0.2) is 24.5 Å². The Kier molecular flexibility index (Phi) is 7.56. The van der Waals surface area contributed by atoms with Crippen molar-refractivity contribution in [1.29, 1.82) is 0 Å². The number of benzene rings is 2. The minimum atomic E-state index is -4.87. The van der Waals surface area contributed by atoms with Gasteiger partial charge in [0.2, 0.25) is 0 Å². The number of ether oxygens (including phenoxy) is 1. The van der Waals surface area contributed by atoms with Crippen molar-refractivity contribution in [3.8, 4) is 11.8 Å². The summed E-state index contributed by atoms with van der Waals surface area (Å²) in [6.07, 6.45) is -4.90. The van der Waals surface area contributed by atoms with Crippen LogP contribution in [0.5, 0.6) is 0 Å². The highest BCUT2D eigenvalue weighted by atomic mass is 35.5. The first kappa shape index (κ1) is 29.9. The molecule has 2 heterocycles. The van der Waals surface area contributed by atoms with Crippen molar-refractivity contribution >= 4 is 46.7 Å². The summed E-state index contributed by atoms with van der Waals surface area (Å²) in [5, 5.41) is 6.91. The second kappa shape index (κ2) is 10.6. The molecule has 2 aromatic rings. The van der Waals surface area contributed by atoms with Crippen molar-refractivity contribution in [2.45, 2.75) is 49.2 Å². The fourth-order valence-electron chi connectivity index (χ4n) is 4.42. The van der Waals surface area contributed by atoms with Gasteiger partial charge in [-0.1, -0.05) is 35.2 Å². The number of allylic oxidation sites excluding steroid dienone is 1. The summed E-state index contributed by atoms with van der Waals surface area (Å²) < 4.78 is 86.5. The van der Waals surface area contributed by atoms with E-state index in [2.05, 4.69) is 27.2 Å². The van der Waals surface area contributed by atoms with E-state index < -0.39 is 35.6 Å². The van der Waals surface area contributed by atoms with Gasteiger partial charge in [-0.25, -0.2) is 9.59 Å². The number of hydrogen-bond acceptors (Lipinski definition) is 3. The third kappa shape index (κ3) is 5.85. The van der Waals surface area contributed by atoms with Crippen LogP contribution in [0.1, 0.15) is 36.8 Å². The summed E-state index contributed by atoms with van der Waals surface area (Å²) in [5.74, 6) is 4.75. The number of alkyl halides is 6. The van der Waals surface area contributed by atoms with E-state index in [4.69, 9.17) is 23.2 Å². The standard InChI is InChI=1S/C14H12ClF3N2O.C14H9ClF3NO2/c15-9-3-4-11-10(7-9)13(14(16,17)18,20-12(21)19-11)6-5-8-1-2-8;15-9-3-4-11-10(7-9)13(14(16,17)18,21-12(20)19-11)6-5-8-1-2-8/h3-8H,1-2H2,(H2,19,20,21);3-4,7-8H,1-2H2,(H,19,20)/b6-5+;/t2*13-/m00/s1. The molecule has 2 aromatic carbocycles. The maximum absolute atomic E-state index is 13.7. The largest absolute Gasteiger partial charge is 0.445 e. The number of urea groups is 1. The Bertz CT molecular complexity index is 1530. The monoisotopic (exact) mass is 631 g/mol. The van der Waals surface area contributed by atoms with Crippen molar-refractivity contribution in [1.82, 2.24) is 5.32 Å². The van der Waals surface area contributed by atoms with Gasteiger partial charge < -0.3 is 15.4 Å². The van der Waals surface area contributed by atoms with Gasteiger partial charge in [0.1, 0.15) is 0 Å². The minimum Gasteiger partial charge on any atom is -0.415 e. The molecule has 42 heavy (non-hydrogen) atoms. The van der Waals surface area contributed by atoms with Crippen LogP contribution in [0.3, 0.4) is 0 Å². The molecule has 0 spiro atoms. The zero-order valence-corrected chi connectivity index (χ0v) is 22.9. The second-order valence-electron chi connectivity index (χ2n) is 10.2. The third-order valence-electron chi connectivity index (χ3n) is 6.93. The summed E-state index contributed by atoms with van der Waals surface area (Å²) in [6.45, 7) is 0. The van der Waals surface area contributed by atoms with E-state index in [9.17, 15) is 35.9 Å². The molecule has 2 aliphatic carbocycles. The molecule has 6 nitrogen and oxygen atoms in total. The van der Waals surface area contributed by atoms with Crippen molar-refractivity contribution in [3.05, 3.63) is 69.7 Å². The van der Waals surface area contributed by atoms with Gasteiger partial charge in [-0.15, -0.1) is 0 Å². The van der Waals surface area contributed by atoms with Gasteiger partial charge in [0.05, 0.1) is 5.69 Å². The number of cyclic esters (lactones) is 1. The molecule has 0 aromatic heterocycles. The number of hydrogen-bond donors (Lipinski definition) is 3. The predicted molar refractivity (Wildman–Crippen MR) is 143 cm³/mol. The molecule has 4 aliphatic rings. The van der Waals surface area contributed by atoms with Gasteiger partial charge in [-0.05, 0) is 80.0 Å². The van der Waals surface area contributed by atoms with Crippen molar-refractivity contribution in [3.63, 3.8) is 0 Å². The van der Waals surface area contributed by atoms with Crippen molar-refractivity contribution < 1.29 is 40.7 Å². The molecule has 0 unspecified atom stereocenters. The molecular weight excluding hydrogens is 611 g/mol. The summed E-state index contributed by atoms with van der Waals surface area (Å²) in [7, 11) is 0. The SMILES string of the molecule is O=C1Nc2ccc(Cl)cc2[C@@](/C=C/C2CC2)(C(F)(F)F)N1.O=C1Nc2ccc(Cl)cc2[C@@](C#CC2CC2)(C(F)(F)F)O1. The first-order valence-electron chi connectivity index (χ1n) is 12.7. The highest BCUT2D eigenvalue weighted by Gasteiger charge is 2.62. The number of halogens is 8. The number of fused-ring (bicyclic) bond motifs is 2. The molecular formula is C28H21Cl2F6N3O3. The van der Waals surface area contributed by atoms with Crippen LogP contribution in [0.25, 0.3) is 0 Å². The molecule has 3 amide bonds. The molecule has 0 saturated heterocycles. The maximum atomic E-state index is 13.7. The quantitative estimate of drug-likeness (QED) is 0.177. The van der Waals surface area contributed by atoms with Crippen LogP contribution in [-0.2, 0) is 15.9 Å². The molecule has 222 valence electrons. The van der Waals surface area contributed by atoms with Crippen LogP contribution >= 0.6 is 23.2 Å². The van der Waals surface area contributed by atoms with Gasteiger partial charge in [-0.3, -0.25) is 5.32 Å². The maximum Gasteiger partial charge on any atom is 0.445 e. The number of carbonyl (C=O) groups is 2. The van der Waals surface area contributed by atoms with Crippen LogP contribution < -0.4 is 16.0 Å². The van der Waals surface area contributed by atoms with E-state index >= 15 is 0 Å². The summed E-state index contributed by atoms with van der Waals surface area (Å²) in [6, 6.07) is 6.97. The Labute approximate surface area is 245 Å². The van der Waals surface area contributed by atoms with E-state index in [1.165, 1.54) is 36.4 Å². The first-order chi connectivity index (χ1) is 19.6. The van der Waals surface area contributed by atoms with Gasteiger partial charge in [0.15, 0.2) is 5.54 Å². The first-order valence-corrected chi connectivity index (χ1v) is 13.4. The zero-order chi connectivity index (χ0) is 30.5. The zero-order valence-electron chi connectivity index (χ0n) is 21.4. The molecule has 0 bridgehead atoms. The second-order valence-corrected chi connectivity index (χ2v) is 11.1. The molecule has 2 fully saturated rings. The molecule has 3 N–H and O–H groups in total. The third-order valence-corrected chi connectivity index (χ3v) is 7.40. The molecule has 6 rings (SSSR count). The van der Waals surface area contributed by atoms with Crippen LogP contribution in [0.2, 0.25) is 10.0 Å². The number of rotatable bonds is 2. The smallest absolute Gasteiger partial charge is 0.415 e. The topological polar surface area (TPSA) is 79.5 Å². The Morgan fingerprint density at radius 3 is 2.00 bits per heavy atom. The van der Waals surface area contributed by atoms with Crippen molar-refractivity contribution in [2.24, 2.45) is 11.8 Å². The lowest BCUT2D eigenvalue weighted by molar-refractivity contribution is -0.239. The lowest BCUT2D eigenvalue weighted by atomic mass is 9.85. The minimum absolute atomic E-state index is 0.00179.